The number of Topliss-reactive ketones (excluding diaryl/α,β-unsaturated/α-hetero) is 1. The molecule has 2 aliphatic heterocycles. The molecule has 5 amide bonds. The molecule has 2 heterocycles. The van der Waals surface area contributed by atoms with Gasteiger partial charge >= 0.3 is 6.03 Å². The summed E-state index contributed by atoms with van der Waals surface area (Å²) in [6, 6.07) is -3.55. The highest BCUT2D eigenvalue weighted by molar-refractivity contribution is 7.92. The fourth-order valence-electron chi connectivity index (χ4n) is 7.55. The molecule has 3 aliphatic rings. The number of ether oxygens (including phenoxy) is 1. The van der Waals surface area contributed by atoms with E-state index >= 15 is 0 Å². The van der Waals surface area contributed by atoms with E-state index in [1.807, 2.05) is 41.5 Å². The van der Waals surface area contributed by atoms with Crippen molar-refractivity contribution in [3.8, 4) is 0 Å². The predicted octanol–water partition coefficient (Wildman–Crippen LogP) is 3.03. The highest BCUT2D eigenvalue weighted by Gasteiger charge is 2.48. The maximum atomic E-state index is 14.5. The number of ketones is 1. The number of urea groups is 1. The van der Waals surface area contributed by atoms with Gasteiger partial charge in [0.15, 0.2) is 9.84 Å². The average Bonchev–Trinajstić information content (AvgIpc) is 3.50. The summed E-state index contributed by atoms with van der Waals surface area (Å²) in [6.07, 6.45) is 7.81. The number of nitrogens with zero attached hydrogens (tertiary/aromatic N) is 1. The van der Waals surface area contributed by atoms with E-state index in [2.05, 4.69) is 27.8 Å². The zero-order chi connectivity index (χ0) is 37.3. The molecule has 0 bridgehead atoms. The number of hydrogen-bond acceptors (Lipinski definition) is 8. The molecule has 0 aromatic rings. The molecule has 4 N–H and O–H groups in total. The average molecular weight is 724 g/mol. The summed E-state index contributed by atoms with van der Waals surface area (Å²) in [5.41, 5.74) is -1.52. The summed E-state index contributed by atoms with van der Waals surface area (Å²) in [7, 11) is -3.37. The summed E-state index contributed by atoms with van der Waals surface area (Å²) in [5, 5.41) is 10.6. The first-order valence-corrected chi connectivity index (χ1v) is 20.1. The Labute approximate surface area is 298 Å². The van der Waals surface area contributed by atoms with Crippen molar-refractivity contribution in [2.24, 2.45) is 17.3 Å². The lowest BCUT2D eigenvalue weighted by molar-refractivity contribution is -0.144. The molecule has 1 aliphatic carbocycles. The Hall–Kier alpha value is -3.00. The summed E-state index contributed by atoms with van der Waals surface area (Å²) < 4.78 is 31.3. The van der Waals surface area contributed by atoms with Crippen molar-refractivity contribution in [3.05, 3.63) is 12.7 Å². The number of unbranched alkanes of at least 4 members (excludes halogenated alkanes) is 1. The van der Waals surface area contributed by atoms with Gasteiger partial charge in [-0.1, -0.05) is 79.7 Å². The van der Waals surface area contributed by atoms with Crippen LogP contribution in [0.3, 0.4) is 0 Å². The van der Waals surface area contributed by atoms with E-state index in [1.165, 1.54) is 11.0 Å². The van der Waals surface area contributed by atoms with Crippen LogP contribution in [0.25, 0.3) is 0 Å². The number of hydrogen-bond donors (Lipinski definition) is 4. The van der Waals surface area contributed by atoms with E-state index in [1.54, 1.807) is 0 Å². The van der Waals surface area contributed by atoms with Crippen LogP contribution in [0.4, 0.5) is 4.79 Å². The number of carbonyl (C=O) groups excluding carboxylic acids is 5. The molecule has 1 saturated carbocycles. The highest BCUT2D eigenvalue weighted by atomic mass is 32.2. The van der Waals surface area contributed by atoms with E-state index in [-0.39, 0.29) is 56.7 Å². The maximum Gasteiger partial charge on any atom is 0.315 e. The summed E-state index contributed by atoms with van der Waals surface area (Å²) in [4.78, 5) is 69.5. The fraction of sp³-hybridized carbons (Fsp3) is 0.806. The van der Waals surface area contributed by atoms with Crippen LogP contribution >= 0.6 is 0 Å². The zero-order valence-corrected chi connectivity index (χ0v) is 31.8. The number of amides is 5. The Kier molecular flexibility index (Phi) is 14.9. The van der Waals surface area contributed by atoms with Gasteiger partial charge in [-0.15, -0.1) is 6.58 Å². The topological polar surface area (TPSA) is 180 Å². The summed E-state index contributed by atoms with van der Waals surface area (Å²) in [6.45, 7) is 15.6. The molecule has 3 rings (SSSR count). The normalized spacial score (nSPS) is 24.5. The van der Waals surface area contributed by atoms with Crippen molar-refractivity contribution in [2.45, 2.75) is 135 Å². The molecule has 50 heavy (non-hydrogen) atoms. The monoisotopic (exact) mass is 723 g/mol. The first-order chi connectivity index (χ1) is 23.5. The van der Waals surface area contributed by atoms with Gasteiger partial charge in [0.2, 0.25) is 17.6 Å². The molecular weight excluding hydrogens is 662 g/mol. The van der Waals surface area contributed by atoms with Crippen molar-refractivity contribution in [2.75, 3.05) is 32.1 Å². The van der Waals surface area contributed by atoms with Gasteiger partial charge in [-0.3, -0.25) is 19.2 Å². The van der Waals surface area contributed by atoms with Crippen LogP contribution in [0.15, 0.2) is 12.7 Å². The van der Waals surface area contributed by atoms with Crippen LogP contribution in [0.2, 0.25) is 0 Å². The number of likely N-dealkylation sites (tertiary alicyclic amines) is 1. The predicted molar refractivity (Wildman–Crippen MR) is 192 cm³/mol. The van der Waals surface area contributed by atoms with Gasteiger partial charge < -0.3 is 30.9 Å². The third kappa shape index (κ3) is 10.8. The number of carbonyl (C=O) groups is 5. The number of rotatable bonds is 15. The summed E-state index contributed by atoms with van der Waals surface area (Å²) >= 11 is 0. The van der Waals surface area contributed by atoms with E-state index in [0.717, 1.165) is 25.7 Å². The van der Waals surface area contributed by atoms with E-state index in [9.17, 15) is 32.4 Å². The lowest BCUT2D eigenvalue weighted by Gasteiger charge is -2.42. The molecule has 3 fully saturated rings. The van der Waals surface area contributed by atoms with Crippen molar-refractivity contribution in [3.63, 3.8) is 0 Å². The van der Waals surface area contributed by atoms with Crippen molar-refractivity contribution in [1.29, 1.82) is 0 Å². The van der Waals surface area contributed by atoms with Gasteiger partial charge in [-0.25, -0.2) is 13.2 Å². The van der Waals surface area contributed by atoms with Crippen molar-refractivity contribution in [1.82, 2.24) is 26.2 Å². The first kappa shape index (κ1) is 41.4. The highest BCUT2D eigenvalue weighted by Crippen LogP contribution is 2.36. The molecular formula is C36H61N5O8S. The quantitative estimate of drug-likeness (QED) is 0.147. The van der Waals surface area contributed by atoms with Gasteiger partial charge in [0.25, 0.3) is 5.91 Å². The second-order valence-electron chi connectivity index (χ2n) is 15.7. The Morgan fingerprint density at radius 3 is 2.32 bits per heavy atom. The molecule has 2 saturated heterocycles. The molecule has 284 valence electrons. The Morgan fingerprint density at radius 1 is 1.06 bits per heavy atom. The van der Waals surface area contributed by atoms with Crippen molar-refractivity contribution >= 4 is 39.4 Å². The van der Waals surface area contributed by atoms with Crippen LogP contribution in [-0.2, 0) is 33.8 Å². The Balaban J connectivity index is 1.84. The maximum absolute atomic E-state index is 14.5. The van der Waals surface area contributed by atoms with Crippen LogP contribution in [0.5, 0.6) is 0 Å². The van der Waals surface area contributed by atoms with Gasteiger partial charge in [0, 0.05) is 18.6 Å². The first-order valence-electron chi connectivity index (χ1n) is 18.4. The lowest BCUT2D eigenvalue weighted by atomic mass is 9.78. The van der Waals surface area contributed by atoms with Crippen LogP contribution in [0, 0.1) is 17.3 Å². The van der Waals surface area contributed by atoms with Crippen LogP contribution in [0.1, 0.15) is 106 Å². The SMILES string of the molecule is C=CCNC(=O)C(=O)[C@H](CCCC)NC(=O)[C@@H]1C(C(C)C)CCN1C(=O)[C@@H](NC(=O)NC1(CC2COCCS2(=O)=O)CCCCC1)C(C)(C)C. The third-order valence-electron chi connectivity index (χ3n) is 10.5. The minimum atomic E-state index is -3.37. The van der Waals surface area contributed by atoms with E-state index in [0.29, 0.717) is 25.7 Å². The molecule has 2 unspecified atom stereocenters. The number of sulfone groups is 1. The number of nitrogens with one attached hydrogen (secondary N) is 4. The van der Waals surface area contributed by atoms with Gasteiger partial charge in [-0.05, 0) is 49.4 Å². The Morgan fingerprint density at radius 2 is 1.74 bits per heavy atom. The smallest absolute Gasteiger partial charge is 0.315 e. The summed E-state index contributed by atoms with van der Waals surface area (Å²) in [5.74, 6) is -2.71. The van der Waals surface area contributed by atoms with Crippen molar-refractivity contribution < 1.29 is 37.1 Å². The second-order valence-corrected chi connectivity index (χ2v) is 18.1. The molecule has 13 nitrogen and oxygen atoms in total. The van der Waals surface area contributed by atoms with E-state index in [4.69, 9.17) is 4.74 Å². The fourth-order valence-corrected chi connectivity index (χ4v) is 9.11. The van der Waals surface area contributed by atoms with Crippen LogP contribution < -0.4 is 21.3 Å². The second kappa shape index (κ2) is 18.0. The molecule has 0 aromatic heterocycles. The standard InChI is InChI=1S/C36H61N5O8S/c1-8-10-14-27(29(42)32(44)37-18-9-2)38-31(43)28-26(24(3)4)15-19-41(28)33(45)30(35(5,6)7)39-34(46)40-36(16-12-11-13-17-36)22-25-23-49-20-21-50(25,47)48/h9,24-28,30H,2,8,10-23H2,1,3-7H3,(H,37,44)(H,38,43)(H2,39,40,46)/t25?,26?,27-,28-,30+/m0/s1. The minimum Gasteiger partial charge on any atom is -0.379 e. The third-order valence-corrected chi connectivity index (χ3v) is 12.5. The molecule has 14 heteroatoms. The van der Waals surface area contributed by atoms with E-state index < -0.39 is 73.7 Å². The van der Waals surface area contributed by atoms with Gasteiger partial charge in [0.05, 0.1) is 30.3 Å². The van der Waals surface area contributed by atoms with Gasteiger partial charge in [0.1, 0.15) is 12.1 Å². The largest absolute Gasteiger partial charge is 0.379 e. The molecule has 0 spiro atoms. The van der Waals surface area contributed by atoms with Gasteiger partial charge in [-0.2, -0.15) is 0 Å². The van der Waals surface area contributed by atoms with Crippen LogP contribution in [-0.4, -0.2) is 104 Å². The molecule has 0 aromatic carbocycles. The Bertz CT molecular complexity index is 1340. The minimum absolute atomic E-state index is 0.0276. The zero-order valence-electron chi connectivity index (χ0n) is 31.0. The lowest BCUT2D eigenvalue weighted by Crippen LogP contribution is -2.63. The molecule has 0 radical (unpaired) electrons. The molecule has 5 atom stereocenters.